The summed E-state index contributed by atoms with van der Waals surface area (Å²) >= 11 is 0. The first kappa shape index (κ1) is 14.5. The molecule has 0 amide bonds. The molecule has 132 valence electrons. The lowest BCUT2D eigenvalue weighted by molar-refractivity contribution is 0.599. The molecule has 0 fully saturated rings. The predicted molar refractivity (Wildman–Crippen MR) is 108 cm³/mol. The van der Waals surface area contributed by atoms with Gasteiger partial charge in [-0.25, -0.2) is 8.42 Å². The average Bonchev–Trinajstić information content (AvgIpc) is 3.31. The Morgan fingerprint density at radius 3 is 2.32 bits per heavy atom. The highest BCUT2D eigenvalue weighted by Gasteiger charge is 2.36. The van der Waals surface area contributed by atoms with Crippen LogP contribution in [0, 0.1) is 0 Å². The van der Waals surface area contributed by atoms with Crippen molar-refractivity contribution in [3.63, 3.8) is 0 Å². The molecule has 1 aliphatic heterocycles. The van der Waals surface area contributed by atoms with Gasteiger partial charge in [0.15, 0.2) is 0 Å². The zero-order valence-corrected chi connectivity index (χ0v) is 15.2. The fraction of sp³-hybridized carbons (Fsp3) is 0. The Kier molecular flexibility index (Phi) is 2.33. The number of fused-ring (bicyclic) bond motifs is 10. The highest BCUT2D eigenvalue weighted by Crippen LogP contribution is 2.52. The van der Waals surface area contributed by atoms with Gasteiger partial charge in [-0.3, -0.25) is 9.97 Å². The van der Waals surface area contributed by atoms with Gasteiger partial charge in [0.1, 0.15) is 0 Å². The van der Waals surface area contributed by atoms with Gasteiger partial charge in [0.25, 0.3) is 0 Å². The van der Waals surface area contributed by atoms with E-state index in [9.17, 15) is 8.42 Å². The van der Waals surface area contributed by atoms with Crippen LogP contribution >= 0.6 is 0 Å². The first-order valence-corrected chi connectivity index (χ1v) is 10.4. The van der Waals surface area contributed by atoms with Gasteiger partial charge in [0.05, 0.1) is 38.7 Å². The summed E-state index contributed by atoms with van der Waals surface area (Å²) in [6.07, 6.45) is 7.16. The number of nitrogens with zero attached hydrogens (tertiary/aromatic N) is 3. The van der Waals surface area contributed by atoms with Gasteiger partial charge in [-0.1, -0.05) is 18.2 Å². The maximum absolute atomic E-state index is 13.3. The van der Waals surface area contributed by atoms with Crippen molar-refractivity contribution < 1.29 is 8.42 Å². The van der Waals surface area contributed by atoms with Gasteiger partial charge in [0.2, 0.25) is 9.84 Å². The molecule has 0 N–H and O–H groups in total. The Balaban J connectivity index is 1.91. The highest BCUT2D eigenvalue weighted by molar-refractivity contribution is 7.92. The van der Waals surface area contributed by atoms with Gasteiger partial charge < -0.3 is 4.40 Å². The van der Waals surface area contributed by atoms with Crippen molar-refractivity contribution in [3.05, 3.63) is 67.3 Å². The molecule has 5 nitrogen and oxygen atoms in total. The molecular weight excluding hydrogens is 370 g/mol. The molecule has 0 unspecified atom stereocenters. The topological polar surface area (TPSA) is 64.3 Å². The normalized spacial score (nSPS) is 15.0. The zero-order chi connectivity index (χ0) is 18.6. The molecule has 6 heteroatoms. The van der Waals surface area contributed by atoms with Crippen LogP contribution in [0.3, 0.4) is 0 Å². The van der Waals surface area contributed by atoms with Crippen LogP contribution in [0.2, 0.25) is 0 Å². The summed E-state index contributed by atoms with van der Waals surface area (Å²) in [5.74, 6) is 0. The summed E-state index contributed by atoms with van der Waals surface area (Å²) in [4.78, 5) is 9.39. The van der Waals surface area contributed by atoms with E-state index < -0.39 is 9.84 Å². The number of hydrogen-bond acceptors (Lipinski definition) is 4. The lowest BCUT2D eigenvalue weighted by Crippen LogP contribution is -1.96. The van der Waals surface area contributed by atoms with Gasteiger partial charge in [-0.05, 0) is 24.3 Å². The molecule has 0 spiro atoms. The van der Waals surface area contributed by atoms with E-state index in [1.807, 2.05) is 42.7 Å². The van der Waals surface area contributed by atoms with Crippen molar-refractivity contribution in [2.45, 2.75) is 9.79 Å². The first-order chi connectivity index (χ1) is 13.7. The van der Waals surface area contributed by atoms with E-state index in [1.54, 1.807) is 24.5 Å². The molecule has 0 bridgehead atoms. The Morgan fingerprint density at radius 1 is 0.786 bits per heavy atom. The minimum absolute atomic E-state index is 0.383. The van der Waals surface area contributed by atoms with Crippen LogP contribution in [0.4, 0.5) is 0 Å². The second-order valence-electron chi connectivity index (χ2n) is 7.14. The summed E-state index contributed by atoms with van der Waals surface area (Å²) in [6, 6.07) is 13.0. The molecule has 0 saturated carbocycles. The number of sulfone groups is 1. The summed E-state index contributed by atoms with van der Waals surface area (Å²) < 4.78 is 28.8. The molecule has 28 heavy (non-hydrogen) atoms. The molecule has 6 aromatic rings. The molecule has 0 saturated heterocycles. The Hall–Kier alpha value is -3.51. The molecule has 0 aliphatic carbocycles. The maximum Gasteiger partial charge on any atom is 0.207 e. The smallest absolute Gasteiger partial charge is 0.207 e. The summed E-state index contributed by atoms with van der Waals surface area (Å²) in [7, 11) is -3.56. The van der Waals surface area contributed by atoms with Crippen molar-refractivity contribution in [2.24, 2.45) is 0 Å². The SMILES string of the molecule is O=S1(=O)c2ccccc2-c2c1cc1c3ccncc3n3c4cnccc4c2c13. The quantitative estimate of drug-likeness (QED) is 0.390. The minimum Gasteiger partial charge on any atom is -0.305 e. The number of rotatable bonds is 0. The van der Waals surface area contributed by atoms with Crippen LogP contribution in [0.5, 0.6) is 0 Å². The first-order valence-electron chi connectivity index (χ1n) is 8.92. The van der Waals surface area contributed by atoms with Crippen LogP contribution in [0.1, 0.15) is 0 Å². The lowest BCUT2D eigenvalue weighted by Gasteiger charge is -2.04. The maximum atomic E-state index is 13.3. The molecule has 2 aromatic carbocycles. The minimum atomic E-state index is -3.56. The van der Waals surface area contributed by atoms with E-state index in [1.165, 1.54) is 0 Å². The third-order valence-electron chi connectivity index (χ3n) is 5.86. The Morgan fingerprint density at radius 2 is 1.50 bits per heavy atom. The van der Waals surface area contributed by atoms with Gasteiger partial charge in [-0.2, -0.15) is 0 Å². The van der Waals surface area contributed by atoms with Crippen LogP contribution in [-0.2, 0) is 9.84 Å². The second kappa shape index (κ2) is 4.48. The molecule has 1 aliphatic rings. The van der Waals surface area contributed by atoms with Crippen LogP contribution < -0.4 is 0 Å². The second-order valence-corrected chi connectivity index (χ2v) is 9.03. The van der Waals surface area contributed by atoms with E-state index in [0.29, 0.717) is 9.79 Å². The molecule has 5 heterocycles. The zero-order valence-electron chi connectivity index (χ0n) is 14.4. The fourth-order valence-electron chi connectivity index (χ4n) is 4.79. The summed E-state index contributed by atoms with van der Waals surface area (Å²) in [5, 5.41) is 3.90. The van der Waals surface area contributed by atoms with Crippen molar-refractivity contribution in [1.29, 1.82) is 0 Å². The summed E-state index contributed by atoms with van der Waals surface area (Å²) in [6.45, 7) is 0. The van der Waals surface area contributed by atoms with Crippen LogP contribution in [0.15, 0.2) is 77.0 Å². The number of pyridine rings is 2. The van der Waals surface area contributed by atoms with E-state index in [4.69, 9.17) is 0 Å². The molecular formula is C22H11N3O2S. The van der Waals surface area contributed by atoms with Crippen LogP contribution in [0.25, 0.3) is 49.2 Å². The average molecular weight is 381 g/mol. The van der Waals surface area contributed by atoms with E-state index in [2.05, 4.69) is 14.4 Å². The lowest BCUT2D eigenvalue weighted by atomic mass is 9.98. The largest absolute Gasteiger partial charge is 0.305 e. The van der Waals surface area contributed by atoms with E-state index in [-0.39, 0.29) is 0 Å². The number of aromatic nitrogens is 3. The number of hydrogen-bond donors (Lipinski definition) is 0. The third kappa shape index (κ3) is 1.42. The monoisotopic (exact) mass is 381 g/mol. The van der Waals surface area contributed by atoms with Crippen molar-refractivity contribution >= 4 is 47.9 Å². The van der Waals surface area contributed by atoms with Crippen molar-refractivity contribution in [2.75, 3.05) is 0 Å². The Bertz CT molecular complexity index is 1730. The van der Waals surface area contributed by atoms with Gasteiger partial charge in [-0.15, -0.1) is 0 Å². The standard InChI is InChI=1S/C22H11N3O2S/c26-28(27)18-4-2-1-3-14(18)20-19(28)9-15-12-5-7-23-10-16(12)25-17-11-24-8-6-13(17)21(20)22(15)25/h1-11H. The molecule has 0 atom stereocenters. The van der Waals surface area contributed by atoms with E-state index >= 15 is 0 Å². The Labute approximate surface area is 159 Å². The third-order valence-corrected chi connectivity index (χ3v) is 7.70. The van der Waals surface area contributed by atoms with Crippen molar-refractivity contribution in [3.8, 4) is 11.1 Å². The van der Waals surface area contributed by atoms with Gasteiger partial charge in [0, 0.05) is 45.1 Å². The predicted octanol–water partition coefficient (Wildman–Crippen LogP) is 4.44. The number of benzene rings is 2. The molecule has 4 aromatic heterocycles. The van der Waals surface area contributed by atoms with Crippen molar-refractivity contribution in [1.82, 2.24) is 14.4 Å². The summed E-state index contributed by atoms with van der Waals surface area (Å²) in [5.41, 5.74) is 4.51. The van der Waals surface area contributed by atoms with Gasteiger partial charge >= 0.3 is 0 Å². The van der Waals surface area contributed by atoms with E-state index in [0.717, 1.165) is 49.2 Å². The highest BCUT2D eigenvalue weighted by atomic mass is 32.2. The molecule has 7 rings (SSSR count). The van der Waals surface area contributed by atoms with Crippen LogP contribution in [-0.4, -0.2) is 22.8 Å². The fourth-order valence-corrected chi connectivity index (χ4v) is 6.50. The molecule has 0 radical (unpaired) electrons.